The number of nitrogens with one attached hydrogen (secondary N) is 1. The van der Waals surface area contributed by atoms with Gasteiger partial charge in [0.25, 0.3) is 5.91 Å². The Morgan fingerprint density at radius 1 is 1.22 bits per heavy atom. The maximum atomic E-state index is 12.7. The molecule has 118 valence electrons. The van der Waals surface area contributed by atoms with Gasteiger partial charge in [-0.25, -0.2) is 0 Å². The number of aromatic nitrogens is 1. The van der Waals surface area contributed by atoms with E-state index in [0.29, 0.717) is 11.3 Å². The van der Waals surface area contributed by atoms with Crippen LogP contribution in [0.25, 0.3) is 10.9 Å². The summed E-state index contributed by atoms with van der Waals surface area (Å²) in [6, 6.07) is 10.2. The van der Waals surface area contributed by atoms with E-state index in [0.717, 1.165) is 48.6 Å². The second-order valence-corrected chi connectivity index (χ2v) is 6.53. The summed E-state index contributed by atoms with van der Waals surface area (Å²) in [6.45, 7) is 3.86. The lowest BCUT2D eigenvalue weighted by atomic mass is 9.82. The molecule has 1 heterocycles. The number of rotatable bonds is 2. The average Bonchev–Trinajstić information content (AvgIpc) is 2.55. The lowest BCUT2D eigenvalue weighted by molar-refractivity contribution is 0.0902. The Labute approximate surface area is 136 Å². The molecule has 0 unspecified atom stereocenters. The van der Waals surface area contributed by atoms with E-state index in [4.69, 9.17) is 0 Å². The van der Waals surface area contributed by atoms with E-state index in [-0.39, 0.29) is 5.91 Å². The lowest BCUT2D eigenvalue weighted by Gasteiger charge is -2.31. The minimum atomic E-state index is -0.719. The van der Waals surface area contributed by atoms with Crippen molar-refractivity contribution in [2.75, 3.05) is 0 Å². The number of carbonyl (C=O) groups is 1. The summed E-state index contributed by atoms with van der Waals surface area (Å²) in [7, 11) is 0. The van der Waals surface area contributed by atoms with E-state index in [2.05, 4.69) is 16.4 Å². The maximum absolute atomic E-state index is 12.7. The minimum absolute atomic E-state index is 0.193. The van der Waals surface area contributed by atoms with Crippen LogP contribution in [0.2, 0.25) is 0 Å². The Balaban J connectivity index is 1.94. The highest BCUT2D eigenvalue weighted by Gasteiger charge is 2.34. The zero-order chi connectivity index (χ0) is 16.4. The summed E-state index contributed by atoms with van der Waals surface area (Å²) >= 11 is 0. The predicted molar refractivity (Wildman–Crippen MR) is 90.1 cm³/mol. The number of amides is 1. The summed E-state index contributed by atoms with van der Waals surface area (Å²) in [6.07, 6.45) is 4.57. The smallest absolute Gasteiger partial charge is 0.254 e. The van der Waals surface area contributed by atoms with E-state index in [9.17, 15) is 10.1 Å². The van der Waals surface area contributed by atoms with Gasteiger partial charge in [0.15, 0.2) is 0 Å². The first kappa shape index (κ1) is 15.5. The molecule has 4 nitrogen and oxygen atoms in total. The number of pyridine rings is 1. The summed E-state index contributed by atoms with van der Waals surface area (Å²) in [5, 5.41) is 13.5. The number of hydrogen-bond donors (Lipinski definition) is 1. The van der Waals surface area contributed by atoms with Gasteiger partial charge in [0.2, 0.25) is 0 Å². The van der Waals surface area contributed by atoms with Crippen molar-refractivity contribution in [3.63, 3.8) is 0 Å². The molecule has 1 amide bonds. The molecular weight excluding hydrogens is 286 g/mol. The molecule has 0 spiro atoms. The molecule has 0 saturated heterocycles. The van der Waals surface area contributed by atoms with Crippen LogP contribution in [-0.2, 0) is 0 Å². The molecule has 1 saturated carbocycles. The second kappa shape index (κ2) is 6.00. The molecule has 4 heteroatoms. The number of carbonyl (C=O) groups excluding carboxylic acids is 1. The van der Waals surface area contributed by atoms with Gasteiger partial charge in [-0.05, 0) is 44.9 Å². The van der Waals surface area contributed by atoms with Crippen molar-refractivity contribution < 1.29 is 4.79 Å². The van der Waals surface area contributed by atoms with E-state index in [1.54, 1.807) is 0 Å². The largest absolute Gasteiger partial charge is 0.334 e. The zero-order valence-corrected chi connectivity index (χ0v) is 13.6. The fraction of sp³-hybridized carbons (Fsp3) is 0.421. The van der Waals surface area contributed by atoms with Crippen LogP contribution < -0.4 is 5.32 Å². The summed E-state index contributed by atoms with van der Waals surface area (Å²) in [5.74, 6) is -0.193. The highest BCUT2D eigenvalue weighted by Crippen LogP contribution is 2.28. The van der Waals surface area contributed by atoms with E-state index in [1.807, 2.05) is 38.1 Å². The third kappa shape index (κ3) is 3.05. The van der Waals surface area contributed by atoms with Gasteiger partial charge in [0.1, 0.15) is 5.54 Å². The van der Waals surface area contributed by atoms with Crippen molar-refractivity contribution in [2.24, 2.45) is 0 Å². The lowest BCUT2D eigenvalue weighted by Crippen LogP contribution is -2.48. The normalized spacial score (nSPS) is 16.7. The number of nitriles is 1. The summed E-state index contributed by atoms with van der Waals surface area (Å²) < 4.78 is 0. The van der Waals surface area contributed by atoms with Crippen LogP contribution in [0.4, 0.5) is 0 Å². The quantitative estimate of drug-likeness (QED) is 0.917. The topological polar surface area (TPSA) is 65.8 Å². The Bertz CT molecular complexity index is 798. The molecule has 1 aromatic carbocycles. The molecule has 3 rings (SSSR count). The number of benzene rings is 1. The van der Waals surface area contributed by atoms with E-state index >= 15 is 0 Å². The molecule has 1 fully saturated rings. The third-order valence-electron chi connectivity index (χ3n) is 4.68. The second-order valence-electron chi connectivity index (χ2n) is 6.53. The highest BCUT2D eigenvalue weighted by molar-refractivity contribution is 5.99. The Kier molecular flexibility index (Phi) is 4.04. The summed E-state index contributed by atoms with van der Waals surface area (Å²) in [5.41, 5.74) is 2.56. The molecule has 2 aromatic rings. The molecule has 1 aliphatic rings. The van der Waals surface area contributed by atoms with Gasteiger partial charge in [0, 0.05) is 5.39 Å². The van der Waals surface area contributed by atoms with Gasteiger partial charge in [-0.15, -0.1) is 0 Å². The van der Waals surface area contributed by atoms with Gasteiger partial charge in [-0.1, -0.05) is 30.9 Å². The van der Waals surface area contributed by atoms with Gasteiger partial charge < -0.3 is 5.32 Å². The van der Waals surface area contributed by atoms with Crippen molar-refractivity contribution in [2.45, 2.75) is 51.5 Å². The fourth-order valence-electron chi connectivity index (χ4n) is 3.33. The van der Waals surface area contributed by atoms with Crippen molar-refractivity contribution >= 4 is 16.8 Å². The number of nitrogens with zero attached hydrogens (tertiary/aromatic N) is 2. The number of hydrogen-bond acceptors (Lipinski definition) is 3. The first-order valence-electron chi connectivity index (χ1n) is 8.15. The van der Waals surface area contributed by atoms with Gasteiger partial charge in [-0.2, -0.15) is 5.26 Å². The van der Waals surface area contributed by atoms with Crippen LogP contribution in [0.1, 0.15) is 53.7 Å². The van der Waals surface area contributed by atoms with Gasteiger partial charge in [0.05, 0.1) is 22.8 Å². The van der Waals surface area contributed by atoms with E-state index < -0.39 is 5.54 Å². The zero-order valence-electron chi connectivity index (χ0n) is 13.6. The van der Waals surface area contributed by atoms with Crippen LogP contribution in [0.5, 0.6) is 0 Å². The first-order chi connectivity index (χ1) is 11.0. The number of fused-ring (bicyclic) bond motifs is 1. The first-order valence-corrected chi connectivity index (χ1v) is 8.15. The molecule has 0 aliphatic heterocycles. The minimum Gasteiger partial charge on any atom is -0.334 e. The van der Waals surface area contributed by atoms with Crippen molar-refractivity contribution in [3.8, 4) is 6.07 Å². The molecule has 0 bridgehead atoms. The van der Waals surface area contributed by atoms with Crippen LogP contribution in [-0.4, -0.2) is 16.4 Å². The summed E-state index contributed by atoms with van der Waals surface area (Å²) in [4.78, 5) is 17.3. The van der Waals surface area contributed by atoms with Gasteiger partial charge in [-0.3, -0.25) is 9.78 Å². The molecule has 23 heavy (non-hydrogen) atoms. The highest BCUT2D eigenvalue weighted by atomic mass is 16.1. The fourth-order valence-corrected chi connectivity index (χ4v) is 3.33. The Hall–Kier alpha value is -2.41. The predicted octanol–water partition coefficient (Wildman–Crippen LogP) is 3.81. The van der Waals surface area contributed by atoms with Crippen LogP contribution >= 0.6 is 0 Å². The molecule has 1 aliphatic carbocycles. The van der Waals surface area contributed by atoms with Crippen molar-refractivity contribution in [3.05, 3.63) is 41.1 Å². The third-order valence-corrected chi connectivity index (χ3v) is 4.68. The van der Waals surface area contributed by atoms with Crippen LogP contribution in [0, 0.1) is 25.2 Å². The SMILES string of the molecule is Cc1ccc2nc(C)c(C(=O)NC3(C#N)CCCCC3)cc2c1. The molecule has 1 aromatic heterocycles. The standard InChI is InChI=1S/C19H21N3O/c1-13-6-7-17-15(10-13)11-16(14(2)21-17)18(23)22-19(12-20)8-4-3-5-9-19/h6-7,10-11H,3-5,8-9H2,1-2H3,(H,22,23). The monoisotopic (exact) mass is 307 g/mol. The molecule has 0 radical (unpaired) electrons. The molecular formula is C19H21N3O. The van der Waals surface area contributed by atoms with Gasteiger partial charge >= 0.3 is 0 Å². The molecule has 0 atom stereocenters. The average molecular weight is 307 g/mol. The molecule has 1 N–H and O–H groups in total. The maximum Gasteiger partial charge on any atom is 0.254 e. The van der Waals surface area contributed by atoms with Crippen LogP contribution in [0.15, 0.2) is 24.3 Å². The Morgan fingerprint density at radius 3 is 2.65 bits per heavy atom. The van der Waals surface area contributed by atoms with E-state index in [1.165, 1.54) is 0 Å². The van der Waals surface area contributed by atoms with Crippen LogP contribution in [0.3, 0.4) is 0 Å². The Morgan fingerprint density at radius 2 is 1.96 bits per heavy atom. The van der Waals surface area contributed by atoms with Crippen molar-refractivity contribution in [1.29, 1.82) is 5.26 Å². The van der Waals surface area contributed by atoms with Crippen molar-refractivity contribution in [1.82, 2.24) is 10.3 Å². The number of aryl methyl sites for hydroxylation is 2.